The van der Waals surface area contributed by atoms with E-state index in [0.717, 1.165) is 17.8 Å². The van der Waals surface area contributed by atoms with Crippen molar-refractivity contribution in [2.75, 3.05) is 12.3 Å². The summed E-state index contributed by atoms with van der Waals surface area (Å²) in [7, 11) is -16.9. The molecule has 1 aliphatic rings. The number of phosphoric acid groups is 3. The lowest BCUT2D eigenvalue weighted by Gasteiger charge is -2.27. The molecule has 0 bridgehead atoms. The number of nitrogens with one attached hydrogen (secondary N) is 1. The molecular weight excluding hydrogens is 570 g/mol. The molecule has 2 unspecified atom stereocenters. The fraction of sp³-hybridized carbons (Fsp3) is 0.667. The summed E-state index contributed by atoms with van der Waals surface area (Å²) in [6.45, 7) is 7.92. The van der Waals surface area contributed by atoms with Crippen molar-refractivity contribution in [3.63, 3.8) is 0 Å². The van der Waals surface area contributed by atoms with Gasteiger partial charge in [-0.3, -0.25) is 18.9 Å². The highest BCUT2D eigenvalue weighted by atomic mass is 31.3. The summed E-state index contributed by atoms with van der Waals surface area (Å²) >= 11 is 0. The Kier molecular flexibility index (Phi) is 11.3. The van der Waals surface area contributed by atoms with Crippen LogP contribution >= 0.6 is 23.5 Å². The number of imidazole rings is 1. The number of nitrogens with two attached hydrogens (primary N) is 1. The maximum atomic E-state index is 14.9. The van der Waals surface area contributed by atoms with E-state index in [4.69, 9.17) is 25.2 Å². The van der Waals surface area contributed by atoms with Crippen molar-refractivity contribution in [2.45, 2.75) is 58.7 Å². The summed E-state index contributed by atoms with van der Waals surface area (Å²) in [5, 5.41) is 10.3. The number of rotatable bonds is 8. The Labute approximate surface area is 209 Å². The quantitative estimate of drug-likeness (QED) is 0.209. The molecule has 0 spiro atoms. The number of aromatic nitrogens is 4. The summed E-state index contributed by atoms with van der Waals surface area (Å²) in [6.07, 6.45) is -4.94. The molecule has 214 valence electrons. The number of nitrogen functional groups attached to an aromatic ring is 1. The van der Waals surface area contributed by atoms with E-state index >= 15 is 0 Å². The third kappa shape index (κ3) is 8.45. The van der Waals surface area contributed by atoms with Crippen molar-refractivity contribution < 1.29 is 60.6 Å². The largest absolute Gasteiger partial charge is 0.490 e. The third-order valence-electron chi connectivity index (χ3n) is 4.24. The van der Waals surface area contributed by atoms with E-state index in [1.54, 1.807) is 0 Å². The monoisotopic (exact) mass is 599 g/mol. The first-order valence-corrected chi connectivity index (χ1v) is 15.0. The van der Waals surface area contributed by atoms with Gasteiger partial charge in [0.1, 0.15) is 11.7 Å². The Hall–Kier alpha value is -1.59. The fourth-order valence-corrected chi connectivity index (χ4v) is 5.99. The lowest BCUT2D eigenvalue weighted by molar-refractivity contribution is -0.113. The van der Waals surface area contributed by atoms with Gasteiger partial charge in [-0.05, 0) is 6.92 Å². The second-order valence-electron chi connectivity index (χ2n) is 6.85. The number of H-pyrrole nitrogens is 1. The Bertz CT molecular complexity index is 1270. The highest BCUT2D eigenvalue weighted by Gasteiger charge is 2.55. The molecule has 0 aliphatic carbocycles. The molecule has 0 saturated carbocycles. The van der Waals surface area contributed by atoms with Crippen LogP contribution in [0.25, 0.3) is 11.2 Å². The van der Waals surface area contributed by atoms with E-state index in [0.29, 0.717) is 0 Å². The average molecular weight is 599 g/mol. The molecule has 6 atom stereocenters. The minimum Gasteiger partial charge on any atom is -0.387 e. The minimum absolute atomic E-state index is 0.201. The van der Waals surface area contributed by atoms with Crippen LogP contribution in [0.5, 0.6) is 0 Å². The lowest BCUT2D eigenvalue weighted by atomic mass is 9.99. The summed E-state index contributed by atoms with van der Waals surface area (Å²) in [5.74, 6) is -0.321. The number of halogens is 1. The van der Waals surface area contributed by atoms with Crippen molar-refractivity contribution in [1.82, 2.24) is 19.5 Å². The van der Waals surface area contributed by atoms with Crippen molar-refractivity contribution >= 4 is 40.6 Å². The predicted octanol–water partition coefficient (Wildman–Crippen LogP) is 1.08. The molecule has 0 amide bonds. The van der Waals surface area contributed by atoms with E-state index in [1.807, 2.05) is 27.7 Å². The van der Waals surface area contributed by atoms with Gasteiger partial charge in [0, 0.05) is 0 Å². The highest BCUT2D eigenvalue weighted by molar-refractivity contribution is 7.66. The number of fused-ring (bicyclic) bond motifs is 1. The third-order valence-corrected chi connectivity index (χ3v) is 8.03. The van der Waals surface area contributed by atoms with Crippen LogP contribution in [-0.2, 0) is 31.6 Å². The smallest absolute Gasteiger partial charge is 0.387 e. The second-order valence-corrected chi connectivity index (χ2v) is 11.3. The number of ether oxygens (including phenoxy) is 1. The van der Waals surface area contributed by atoms with Crippen molar-refractivity contribution in [1.29, 1.82) is 0 Å². The van der Waals surface area contributed by atoms with Gasteiger partial charge in [-0.2, -0.15) is 13.6 Å². The number of aliphatic hydroxyl groups is 1. The predicted molar refractivity (Wildman–Crippen MR) is 125 cm³/mol. The maximum absolute atomic E-state index is 14.9. The van der Waals surface area contributed by atoms with Gasteiger partial charge < -0.3 is 35.2 Å². The Morgan fingerprint density at radius 2 is 1.73 bits per heavy atom. The number of alkyl halides is 1. The lowest BCUT2D eigenvalue weighted by Crippen LogP contribution is -2.43. The normalized spacial score (nSPS) is 26.8. The molecule has 18 nitrogen and oxygen atoms in total. The van der Waals surface area contributed by atoms with Crippen LogP contribution in [0.15, 0.2) is 11.1 Å². The number of hydrogen-bond acceptors (Lipinski definition) is 12. The van der Waals surface area contributed by atoms with Gasteiger partial charge in [0.25, 0.3) is 5.56 Å². The summed E-state index contributed by atoms with van der Waals surface area (Å²) in [5.41, 5.74) is 2.22. The van der Waals surface area contributed by atoms with Gasteiger partial charge in [-0.15, -0.1) is 0 Å². The van der Waals surface area contributed by atoms with E-state index in [9.17, 15) is 32.9 Å². The topological polar surface area (TPSA) is 279 Å². The molecule has 1 saturated heterocycles. The van der Waals surface area contributed by atoms with Crippen molar-refractivity contribution in [2.24, 2.45) is 0 Å². The molecule has 3 rings (SSSR count). The van der Waals surface area contributed by atoms with Gasteiger partial charge in [-0.25, -0.2) is 23.1 Å². The molecule has 1 fully saturated rings. The van der Waals surface area contributed by atoms with Crippen LogP contribution in [0.2, 0.25) is 0 Å². The zero-order chi connectivity index (χ0) is 29.0. The number of aromatic amines is 1. The van der Waals surface area contributed by atoms with Gasteiger partial charge in [-0.1, -0.05) is 27.7 Å². The SMILES string of the molecule is CC.CC.C[C@]1(COP(=O)(O)OP(=O)(O)OP(=O)(O)O)O[C@@H](n2cnc3c(=O)[nH]c(N)nc32)[C@H](F)[C@@H]1O. The standard InChI is InChI=1S/C11H17FN5O13P3.2C2H6/c1-11(2-27-32(23,24)30-33(25,26)29-31(20,21)22)6(18)4(12)9(28-11)17-3-14-5-7(17)15-10(13)16-8(5)19;2*1-2/h3-4,6,9,18H,2H2,1H3,(H,23,24)(H,25,26)(H2,20,21,22)(H3,13,15,16,19);2*1-2H3/t4-,6+,9-,11-;;/m1../s1. The zero-order valence-electron chi connectivity index (χ0n) is 20.2. The molecule has 3 heterocycles. The number of phosphoric ester groups is 1. The van der Waals surface area contributed by atoms with Crippen molar-refractivity contribution in [3.05, 3.63) is 16.7 Å². The van der Waals surface area contributed by atoms with Crippen LogP contribution in [0, 0.1) is 0 Å². The summed E-state index contributed by atoms with van der Waals surface area (Å²) < 4.78 is 66.7. The van der Waals surface area contributed by atoms with Crippen molar-refractivity contribution in [3.8, 4) is 0 Å². The molecular formula is C15H29FN5O13P3. The maximum Gasteiger partial charge on any atom is 0.490 e. The average Bonchev–Trinajstić information content (AvgIpc) is 3.28. The molecule has 0 radical (unpaired) electrons. The van der Waals surface area contributed by atoms with Crippen LogP contribution in [0.3, 0.4) is 0 Å². The molecule has 2 aromatic rings. The van der Waals surface area contributed by atoms with Gasteiger partial charge in [0.2, 0.25) is 5.95 Å². The molecule has 1 aliphatic heterocycles. The van der Waals surface area contributed by atoms with Crippen LogP contribution in [0.4, 0.5) is 10.3 Å². The first-order valence-electron chi connectivity index (χ1n) is 10.4. The Morgan fingerprint density at radius 3 is 2.27 bits per heavy atom. The van der Waals surface area contributed by atoms with E-state index in [2.05, 4.69) is 28.1 Å². The van der Waals surface area contributed by atoms with Crippen LogP contribution < -0.4 is 11.3 Å². The van der Waals surface area contributed by atoms with E-state index in [-0.39, 0.29) is 17.1 Å². The van der Waals surface area contributed by atoms with E-state index < -0.39 is 59.7 Å². The van der Waals surface area contributed by atoms with Gasteiger partial charge >= 0.3 is 23.5 Å². The molecule has 8 N–H and O–H groups in total. The first-order chi connectivity index (χ1) is 16.9. The van der Waals surface area contributed by atoms with Gasteiger partial charge in [0.05, 0.1) is 12.9 Å². The molecule has 0 aromatic carbocycles. The van der Waals surface area contributed by atoms with Crippen LogP contribution in [0.1, 0.15) is 40.8 Å². The molecule has 2 aromatic heterocycles. The minimum atomic E-state index is -5.78. The molecule has 22 heteroatoms. The Balaban J connectivity index is 0.00000163. The fourth-order valence-electron chi connectivity index (χ4n) is 2.88. The molecule has 37 heavy (non-hydrogen) atoms. The highest BCUT2D eigenvalue weighted by Crippen LogP contribution is 2.66. The summed E-state index contributed by atoms with van der Waals surface area (Å²) in [4.78, 5) is 57.4. The van der Waals surface area contributed by atoms with Crippen LogP contribution in [-0.4, -0.2) is 68.7 Å². The number of aliphatic hydroxyl groups excluding tert-OH is 1. The first kappa shape index (κ1) is 33.4. The number of anilines is 1. The van der Waals surface area contributed by atoms with E-state index in [1.165, 1.54) is 0 Å². The number of nitrogens with zero attached hydrogens (tertiary/aromatic N) is 3. The summed E-state index contributed by atoms with van der Waals surface area (Å²) in [6, 6.07) is 0. The number of hydrogen-bond donors (Lipinski definition) is 7. The Morgan fingerprint density at radius 1 is 1.16 bits per heavy atom. The second kappa shape index (κ2) is 12.5. The zero-order valence-corrected chi connectivity index (χ0v) is 22.8. The van der Waals surface area contributed by atoms with Gasteiger partial charge in [0.15, 0.2) is 23.6 Å².